The molecule has 1 saturated heterocycles. The molecule has 1 aromatic heterocycles. The predicted octanol–water partition coefficient (Wildman–Crippen LogP) is 1.68. The maximum atomic E-state index is 4.28. The number of hydrogen-bond acceptors (Lipinski definition) is 4. The molecule has 21 heavy (non-hydrogen) atoms. The van der Waals surface area contributed by atoms with Crippen molar-refractivity contribution in [1.29, 1.82) is 0 Å². The van der Waals surface area contributed by atoms with E-state index in [4.69, 9.17) is 0 Å². The minimum absolute atomic E-state index is 0.904. The molecule has 0 spiro atoms. The van der Waals surface area contributed by atoms with Crippen LogP contribution in [0.5, 0.6) is 0 Å². The normalized spacial score (nSPS) is 16.9. The smallest absolute Gasteiger partial charge is 0.0786 e. The molecule has 1 aromatic carbocycles. The summed E-state index contributed by atoms with van der Waals surface area (Å²) in [6, 6.07) is 6.50. The molecule has 5 heteroatoms. The molecule has 1 N–H and O–H groups in total. The Labute approximate surface area is 126 Å². The lowest BCUT2D eigenvalue weighted by Gasteiger charge is -2.19. The molecule has 0 radical (unpaired) electrons. The van der Waals surface area contributed by atoms with Crippen LogP contribution in [0.2, 0.25) is 0 Å². The maximum absolute atomic E-state index is 4.28. The van der Waals surface area contributed by atoms with Crippen molar-refractivity contribution in [3.63, 3.8) is 0 Å². The number of nitrogens with zero attached hydrogens (tertiary/aromatic N) is 4. The molecule has 1 aliphatic rings. The fourth-order valence-corrected chi connectivity index (χ4v) is 2.94. The predicted molar refractivity (Wildman–Crippen MR) is 83.6 cm³/mol. The Morgan fingerprint density at radius 2 is 1.90 bits per heavy atom. The van der Waals surface area contributed by atoms with Gasteiger partial charge in [0.25, 0.3) is 0 Å². The molecule has 5 nitrogen and oxygen atoms in total. The van der Waals surface area contributed by atoms with E-state index in [1.54, 1.807) is 0 Å². The van der Waals surface area contributed by atoms with Gasteiger partial charge >= 0.3 is 0 Å². The Balaban J connectivity index is 1.83. The van der Waals surface area contributed by atoms with Gasteiger partial charge in [0.05, 0.1) is 17.6 Å². The first-order valence-corrected chi connectivity index (χ1v) is 7.64. The van der Waals surface area contributed by atoms with Gasteiger partial charge in [-0.25, -0.2) is 4.68 Å². The van der Waals surface area contributed by atoms with Crippen LogP contribution in [0.25, 0.3) is 5.69 Å². The van der Waals surface area contributed by atoms with Crippen LogP contribution in [-0.4, -0.2) is 46.1 Å². The first-order chi connectivity index (χ1) is 10.2. The SMILES string of the molecule is Cc1cc(C)cc(-n2nncc2CN2CCCNCC2)c1. The summed E-state index contributed by atoms with van der Waals surface area (Å²) in [6.45, 7) is 9.53. The first kappa shape index (κ1) is 14.2. The first-order valence-electron chi connectivity index (χ1n) is 7.64. The third-order valence-electron chi connectivity index (χ3n) is 3.89. The lowest BCUT2D eigenvalue weighted by Crippen LogP contribution is -2.28. The Bertz CT molecular complexity index is 576. The van der Waals surface area contributed by atoms with Crippen molar-refractivity contribution in [2.45, 2.75) is 26.8 Å². The number of rotatable bonds is 3. The van der Waals surface area contributed by atoms with Gasteiger partial charge in [-0.15, -0.1) is 5.10 Å². The lowest BCUT2D eigenvalue weighted by atomic mass is 10.1. The molecule has 1 aliphatic heterocycles. The van der Waals surface area contributed by atoms with Crippen LogP contribution in [0.15, 0.2) is 24.4 Å². The molecular formula is C16H23N5. The van der Waals surface area contributed by atoms with E-state index in [0.717, 1.165) is 44.1 Å². The molecule has 112 valence electrons. The van der Waals surface area contributed by atoms with Crippen LogP contribution >= 0.6 is 0 Å². The molecule has 1 fully saturated rings. The molecule has 0 saturated carbocycles. The summed E-state index contributed by atoms with van der Waals surface area (Å²) in [5.41, 5.74) is 4.77. The van der Waals surface area contributed by atoms with Crippen LogP contribution in [-0.2, 0) is 6.54 Å². The summed E-state index contributed by atoms with van der Waals surface area (Å²) in [5, 5.41) is 11.8. The van der Waals surface area contributed by atoms with Crippen molar-refractivity contribution < 1.29 is 0 Å². The van der Waals surface area contributed by atoms with Crippen LogP contribution < -0.4 is 5.32 Å². The van der Waals surface area contributed by atoms with Crippen molar-refractivity contribution in [1.82, 2.24) is 25.2 Å². The fourth-order valence-electron chi connectivity index (χ4n) is 2.94. The summed E-state index contributed by atoms with van der Waals surface area (Å²) in [5.74, 6) is 0. The van der Waals surface area contributed by atoms with Crippen molar-refractivity contribution in [2.24, 2.45) is 0 Å². The molecular weight excluding hydrogens is 262 g/mol. The molecule has 2 heterocycles. The molecule has 2 aromatic rings. The van der Waals surface area contributed by atoms with Crippen molar-refractivity contribution >= 4 is 0 Å². The van der Waals surface area contributed by atoms with E-state index in [0.29, 0.717) is 0 Å². The highest BCUT2D eigenvalue weighted by Crippen LogP contribution is 2.15. The second-order valence-electron chi connectivity index (χ2n) is 5.86. The van der Waals surface area contributed by atoms with Gasteiger partial charge in [-0.2, -0.15) is 0 Å². The minimum atomic E-state index is 0.904. The van der Waals surface area contributed by atoms with Gasteiger partial charge < -0.3 is 5.32 Å². The summed E-state index contributed by atoms with van der Waals surface area (Å²) in [4.78, 5) is 2.47. The average molecular weight is 285 g/mol. The van der Waals surface area contributed by atoms with Gasteiger partial charge in [-0.05, 0) is 56.6 Å². The van der Waals surface area contributed by atoms with Crippen molar-refractivity contribution in [3.8, 4) is 5.69 Å². The zero-order chi connectivity index (χ0) is 14.7. The monoisotopic (exact) mass is 285 g/mol. The average Bonchev–Trinajstić information content (AvgIpc) is 2.73. The number of nitrogens with one attached hydrogen (secondary N) is 1. The highest BCUT2D eigenvalue weighted by atomic mass is 15.4. The summed E-state index contributed by atoms with van der Waals surface area (Å²) >= 11 is 0. The summed E-state index contributed by atoms with van der Waals surface area (Å²) in [6.07, 6.45) is 3.08. The van der Waals surface area contributed by atoms with E-state index in [9.17, 15) is 0 Å². The van der Waals surface area contributed by atoms with Gasteiger partial charge in [0, 0.05) is 19.6 Å². The highest BCUT2D eigenvalue weighted by Gasteiger charge is 2.13. The third kappa shape index (κ3) is 3.49. The largest absolute Gasteiger partial charge is 0.315 e. The minimum Gasteiger partial charge on any atom is -0.315 e. The third-order valence-corrected chi connectivity index (χ3v) is 3.89. The number of benzene rings is 1. The second-order valence-corrected chi connectivity index (χ2v) is 5.86. The summed E-state index contributed by atoms with van der Waals surface area (Å²) < 4.78 is 1.97. The molecule has 0 amide bonds. The number of aromatic nitrogens is 3. The Kier molecular flexibility index (Phi) is 4.31. The highest BCUT2D eigenvalue weighted by molar-refractivity contribution is 5.39. The molecule has 0 bridgehead atoms. The number of hydrogen-bond donors (Lipinski definition) is 1. The number of aryl methyl sites for hydroxylation is 2. The van der Waals surface area contributed by atoms with Gasteiger partial charge in [-0.3, -0.25) is 4.90 Å². The Morgan fingerprint density at radius 1 is 1.10 bits per heavy atom. The van der Waals surface area contributed by atoms with Crippen LogP contribution in [0.4, 0.5) is 0 Å². The van der Waals surface area contributed by atoms with E-state index in [1.807, 2.05) is 10.9 Å². The van der Waals surface area contributed by atoms with Crippen molar-refractivity contribution in [3.05, 3.63) is 41.2 Å². The van der Waals surface area contributed by atoms with Gasteiger partial charge in [0.15, 0.2) is 0 Å². The molecule has 0 unspecified atom stereocenters. The van der Waals surface area contributed by atoms with Gasteiger partial charge in [-0.1, -0.05) is 11.3 Å². The quantitative estimate of drug-likeness (QED) is 0.932. The maximum Gasteiger partial charge on any atom is 0.0786 e. The fraction of sp³-hybridized carbons (Fsp3) is 0.500. The van der Waals surface area contributed by atoms with E-state index in [2.05, 4.69) is 52.6 Å². The lowest BCUT2D eigenvalue weighted by molar-refractivity contribution is 0.278. The van der Waals surface area contributed by atoms with E-state index in [1.165, 1.54) is 17.5 Å². The van der Waals surface area contributed by atoms with E-state index < -0.39 is 0 Å². The standard InChI is InChI=1S/C16H23N5/c1-13-8-14(2)10-15(9-13)21-16(11-18-19-21)12-20-6-3-4-17-5-7-20/h8-11,17H,3-7,12H2,1-2H3. The molecule has 3 rings (SSSR count). The Hall–Kier alpha value is -1.72. The van der Waals surface area contributed by atoms with Gasteiger partial charge in [0.1, 0.15) is 0 Å². The van der Waals surface area contributed by atoms with Gasteiger partial charge in [0.2, 0.25) is 0 Å². The zero-order valence-corrected chi connectivity index (χ0v) is 12.8. The molecule has 0 aliphatic carbocycles. The van der Waals surface area contributed by atoms with E-state index >= 15 is 0 Å². The van der Waals surface area contributed by atoms with Crippen molar-refractivity contribution in [2.75, 3.05) is 26.2 Å². The Morgan fingerprint density at radius 3 is 2.71 bits per heavy atom. The van der Waals surface area contributed by atoms with Crippen LogP contribution in [0.1, 0.15) is 23.2 Å². The van der Waals surface area contributed by atoms with Crippen LogP contribution in [0, 0.1) is 13.8 Å². The van der Waals surface area contributed by atoms with Crippen LogP contribution in [0.3, 0.4) is 0 Å². The second kappa shape index (κ2) is 6.37. The zero-order valence-electron chi connectivity index (χ0n) is 12.8. The summed E-state index contributed by atoms with van der Waals surface area (Å²) in [7, 11) is 0. The topological polar surface area (TPSA) is 46.0 Å². The molecule has 0 atom stereocenters. The van der Waals surface area contributed by atoms with E-state index in [-0.39, 0.29) is 0 Å².